The molecule has 1 unspecified atom stereocenters. The molecule has 8 nitrogen and oxygen atoms in total. The summed E-state index contributed by atoms with van der Waals surface area (Å²) in [7, 11) is 1.27. The Morgan fingerprint density at radius 1 is 1.11 bits per heavy atom. The number of hydrogen-bond acceptors (Lipinski definition) is 8. The van der Waals surface area contributed by atoms with Crippen molar-refractivity contribution in [2.75, 3.05) is 13.7 Å². The fourth-order valence-corrected chi connectivity index (χ4v) is 3.49. The highest BCUT2D eigenvalue weighted by atomic mass is 16.7. The van der Waals surface area contributed by atoms with Gasteiger partial charge in [-0.1, -0.05) is 20.8 Å². The first kappa shape index (κ1) is 23.4. The number of carbonyl (C=O) groups is 3. The van der Waals surface area contributed by atoms with Gasteiger partial charge in [0.25, 0.3) is 5.79 Å². The Morgan fingerprint density at radius 3 is 2.15 bits per heavy atom. The number of methoxy groups -OCH3 is 1. The quantitative estimate of drug-likeness (QED) is 0.461. The molecule has 1 aliphatic heterocycles. The molecule has 0 radical (unpaired) electrons. The Balaban J connectivity index is 3.32. The molecule has 6 atom stereocenters. The summed E-state index contributed by atoms with van der Waals surface area (Å²) >= 11 is 0. The van der Waals surface area contributed by atoms with Crippen molar-refractivity contribution in [2.24, 2.45) is 11.8 Å². The van der Waals surface area contributed by atoms with Crippen LogP contribution in [0, 0.1) is 11.8 Å². The van der Waals surface area contributed by atoms with Gasteiger partial charge in [0, 0.05) is 26.9 Å². The van der Waals surface area contributed by atoms with E-state index in [0.29, 0.717) is 12.8 Å². The normalized spacial score (nSPS) is 30.1. The van der Waals surface area contributed by atoms with Crippen molar-refractivity contribution in [1.29, 1.82) is 0 Å². The van der Waals surface area contributed by atoms with Crippen LogP contribution in [0.15, 0.2) is 0 Å². The second-order valence-corrected chi connectivity index (χ2v) is 6.93. The zero-order chi connectivity index (χ0) is 20.8. The highest BCUT2D eigenvalue weighted by Gasteiger charge is 2.54. The molecule has 0 saturated carbocycles. The first-order valence-corrected chi connectivity index (χ1v) is 9.36. The number of esters is 3. The lowest BCUT2D eigenvalue weighted by molar-refractivity contribution is -0.311. The minimum Gasteiger partial charge on any atom is -0.465 e. The molecular formula is C19H32O8. The predicted octanol–water partition coefficient (Wildman–Crippen LogP) is 2.23. The van der Waals surface area contributed by atoms with Crippen LogP contribution in [0.3, 0.4) is 0 Å². The van der Waals surface area contributed by atoms with Crippen molar-refractivity contribution < 1.29 is 38.1 Å². The van der Waals surface area contributed by atoms with Gasteiger partial charge in [-0.15, -0.1) is 0 Å². The third kappa shape index (κ3) is 5.65. The fraction of sp³-hybridized carbons (Fsp3) is 0.842. The Morgan fingerprint density at radius 2 is 1.70 bits per heavy atom. The first-order valence-electron chi connectivity index (χ1n) is 9.36. The molecule has 1 rings (SSSR count). The molecule has 0 aromatic carbocycles. The lowest BCUT2D eigenvalue weighted by atomic mass is 9.79. The highest BCUT2D eigenvalue weighted by molar-refractivity contribution is 5.78. The van der Waals surface area contributed by atoms with E-state index < -0.39 is 42.0 Å². The zero-order valence-electron chi connectivity index (χ0n) is 17.3. The van der Waals surface area contributed by atoms with Crippen LogP contribution < -0.4 is 0 Å². The minimum absolute atomic E-state index is 0.00212. The molecule has 27 heavy (non-hydrogen) atoms. The Bertz CT molecular complexity index is 534. The Hall–Kier alpha value is -1.67. The highest BCUT2D eigenvalue weighted by Crippen LogP contribution is 2.41. The zero-order valence-corrected chi connectivity index (χ0v) is 17.3. The summed E-state index contributed by atoms with van der Waals surface area (Å²) in [4.78, 5) is 35.7. The molecule has 0 aromatic rings. The van der Waals surface area contributed by atoms with Crippen molar-refractivity contribution in [3.63, 3.8) is 0 Å². The maximum Gasteiger partial charge on any atom is 0.366 e. The summed E-state index contributed by atoms with van der Waals surface area (Å²) < 4.78 is 27.6. The van der Waals surface area contributed by atoms with E-state index in [1.54, 1.807) is 6.92 Å². The molecule has 1 heterocycles. The van der Waals surface area contributed by atoms with Gasteiger partial charge in [0.2, 0.25) is 0 Å². The van der Waals surface area contributed by atoms with Crippen molar-refractivity contribution >= 4 is 17.9 Å². The van der Waals surface area contributed by atoms with Gasteiger partial charge in [-0.25, -0.2) is 4.79 Å². The van der Waals surface area contributed by atoms with Gasteiger partial charge in [-0.3, -0.25) is 9.59 Å². The molecule has 0 amide bonds. The van der Waals surface area contributed by atoms with Gasteiger partial charge in [0.05, 0.1) is 7.11 Å². The molecule has 0 spiro atoms. The lowest BCUT2D eigenvalue weighted by Gasteiger charge is -2.47. The largest absolute Gasteiger partial charge is 0.465 e. The van der Waals surface area contributed by atoms with E-state index in [1.165, 1.54) is 21.0 Å². The van der Waals surface area contributed by atoms with E-state index >= 15 is 0 Å². The second-order valence-electron chi connectivity index (χ2n) is 6.93. The third-order valence-electron chi connectivity index (χ3n) is 4.92. The predicted molar refractivity (Wildman–Crippen MR) is 95.6 cm³/mol. The van der Waals surface area contributed by atoms with E-state index in [4.69, 9.17) is 23.7 Å². The SMILES string of the molecule is CCO[C@]1(C(=O)OC)C[C@@H](C)[C@@H](C)C([C@H](OC(C)=O)[C@@H](CC)OC(C)=O)O1. The van der Waals surface area contributed by atoms with Crippen molar-refractivity contribution in [3.8, 4) is 0 Å². The summed E-state index contributed by atoms with van der Waals surface area (Å²) in [5.74, 6) is -3.33. The topological polar surface area (TPSA) is 97.4 Å². The molecule has 1 fully saturated rings. The maximum absolute atomic E-state index is 12.5. The van der Waals surface area contributed by atoms with E-state index in [1.807, 2.05) is 20.8 Å². The maximum atomic E-state index is 12.5. The summed E-state index contributed by atoms with van der Waals surface area (Å²) in [5, 5.41) is 0. The molecule has 0 aromatic heterocycles. The van der Waals surface area contributed by atoms with Gasteiger partial charge in [-0.2, -0.15) is 0 Å². The van der Waals surface area contributed by atoms with Crippen LogP contribution >= 0.6 is 0 Å². The number of hydrogen-bond donors (Lipinski definition) is 0. The second kappa shape index (κ2) is 10.0. The van der Waals surface area contributed by atoms with Crippen molar-refractivity contribution in [3.05, 3.63) is 0 Å². The van der Waals surface area contributed by atoms with Gasteiger partial charge < -0.3 is 23.7 Å². The van der Waals surface area contributed by atoms with E-state index in [0.717, 1.165) is 0 Å². The van der Waals surface area contributed by atoms with E-state index in [-0.39, 0.29) is 18.4 Å². The summed E-state index contributed by atoms with van der Waals surface area (Å²) in [6, 6.07) is 0. The average Bonchev–Trinajstić information content (AvgIpc) is 2.60. The molecule has 1 aliphatic rings. The van der Waals surface area contributed by atoms with Crippen LogP contribution in [0.25, 0.3) is 0 Å². The standard InChI is InChI=1S/C19H32O8/c1-8-15(25-13(5)20)17(26-14(6)21)16-12(4)11(3)10-19(27-16,24-9-2)18(22)23-7/h11-12,15-17H,8-10H2,1-7H3/t11-,12-,15-,16?,17-,19-/m1/s1. The monoisotopic (exact) mass is 388 g/mol. The molecule has 0 N–H and O–H groups in total. The van der Waals surface area contributed by atoms with Crippen LogP contribution in [-0.4, -0.2) is 55.7 Å². The van der Waals surface area contributed by atoms with Gasteiger partial charge in [-0.05, 0) is 25.2 Å². The van der Waals surface area contributed by atoms with Crippen molar-refractivity contribution in [1.82, 2.24) is 0 Å². The molecule has 1 saturated heterocycles. The lowest BCUT2D eigenvalue weighted by Crippen LogP contribution is -2.60. The van der Waals surface area contributed by atoms with Crippen LogP contribution in [0.5, 0.6) is 0 Å². The fourth-order valence-electron chi connectivity index (χ4n) is 3.49. The smallest absolute Gasteiger partial charge is 0.366 e. The molecular weight excluding hydrogens is 356 g/mol. The summed E-state index contributed by atoms with van der Waals surface area (Å²) in [5.41, 5.74) is 0. The van der Waals surface area contributed by atoms with Crippen LogP contribution in [-0.2, 0) is 38.1 Å². The van der Waals surface area contributed by atoms with Crippen LogP contribution in [0.1, 0.15) is 54.4 Å². The Labute approximate surface area is 160 Å². The summed E-state index contributed by atoms with van der Waals surface area (Å²) in [6.07, 6.45) is -1.58. The van der Waals surface area contributed by atoms with Crippen molar-refractivity contribution in [2.45, 2.75) is 78.5 Å². The number of ether oxygens (including phenoxy) is 5. The molecule has 0 aliphatic carbocycles. The summed E-state index contributed by atoms with van der Waals surface area (Å²) in [6.45, 7) is 10.3. The van der Waals surface area contributed by atoms with Crippen LogP contribution in [0.4, 0.5) is 0 Å². The third-order valence-corrected chi connectivity index (χ3v) is 4.92. The van der Waals surface area contributed by atoms with Gasteiger partial charge in [0.1, 0.15) is 12.2 Å². The minimum atomic E-state index is -1.59. The molecule has 0 bridgehead atoms. The van der Waals surface area contributed by atoms with Crippen LogP contribution in [0.2, 0.25) is 0 Å². The van der Waals surface area contributed by atoms with E-state index in [2.05, 4.69) is 0 Å². The number of carbonyl (C=O) groups excluding carboxylic acids is 3. The van der Waals surface area contributed by atoms with E-state index in [9.17, 15) is 14.4 Å². The first-order chi connectivity index (χ1) is 12.6. The van der Waals surface area contributed by atoms with Gasteiger partial charge >= 0.3 is 17.9 Å². The Kier molecular flexibility index (Phi) is 8.68. The average molecular weight is 388 g/mol. The molecule has 156 valence electrons. The molecule has 8 heteroatoms. The van der Waals surface area contributed by atoms with Gasteiger partial charge in [0.15, 0.2) is 6.10 Å². The number of rotatable bonds is 8.